The maximum Gasteiger partial charge on any atom is -0.0181 e. The lowest BCUT2D eigenvalue weighted by molar-refractivity contribution is 0.912. The summed E-state index contributed by atoms with van der Waals surface area (Å²) in [6.45, 7) is 7.97. The maximum absolute atomic E-state index is 3.62. The van der Waals surface area contributed by atoms with Crippen molar-refractivity contribution < 1.29 is 0 Å². The first-order valence-corrected chi connectivity index (χ1v) is 4.40. The lowest BCUT2D eigenvalue weighted by Crippen LogP contribution is -1.88. The Labute approximate surface area is 74.9 Å². The van der Waals surface area contributed by atoms with Crippen molar-refractivity contribution >= 4 is 0 Å². The van der Waals surface area contributed by atoms with Crippen molar-refractivity contribution in [1.29, 1.82) is 0 Å². The van der Waals surface area contributed by atoms with Crippen LogP contribution in [0, 0.1) is 13.0 Å². The SMILES string of the molecule is C=[C]c1ccc(CCC)c(C)c1. The zero-order valence-electron chi connectivity index (χ0n) is 7.85. The van der Waals surface area contributed by atoms with Crippen molar-refractivity contribution in [2.24, 2.45) is 0 Å². The quantitative estimate of drug-likeness (QED) is 0.635. The first kappa shape index (κ1) is 9.05. The summed E-state index contributed by atoms with van der Waals surface area (Å²) in [5, 5.41) is 0. The van der Waals surface area contributed by atoms with Gasteiger partial charge in [-0.1, -0.05) is 38.1 Å². The molecule has 0 atom stereocenters. The smallest absolute Gasteiger partial charge is 0.0181 e. The fourth-order valence-corrected chi connectivity index (χ4v) is 1.36. The van der Waals surface area contributed by atoms with Gasteiger partial charge in [0.15, 0.2) is 0 Å². The second-order valence-corrected chi connectivity index (χ2v) is 3.07. The zero-order valence-corrected chi connectivity index (χ0v) is 7.85. The third-order valence-electron chi connectivity index (χ3n) is 2.07. The second-order valence-electron chi connectivity index (χ2n) is 3.07. The van der Waals surface area contributed by atoms with Gasteiger partial charge in [0.1, 0.15) is 0 Å². The molecule has 0 nitrogen and oxygen atoms in total. The molecule has 0 unspecified atom stereocenters. The number of benzene rings is 1. The van der Waals surface area contributed by atoms with E-state index in [1.54, 1.807) is 0 Å². The Bertz CT molecular complexity index is 271. The minimum absolute atomic E-state index is 1.09. The fourth-order valence-electron chi connectivity index (χ4n) is 1.36. The van der Waals surface area contributed by atoms with E-state index in [-0.39, 0.29) is 0 Å². The number of aryl methyl sites for hydroxylation is 2. The molecule has 1 radical (unpaired) electrons. The van der Waals surface area contributed by atoms with E-state index in [1.165, 1.54) is 24.0 Å². The second kappa shape index (κ2) is 4.10. The summed E-state index contributed by atoms with van der Waals surface area (Å²) >= 11 is 0. The van der Waals surface area contributed by atoms with Crippen molar-refractivity contribution in [1.82, 2.24) is 0 Å². The molecule has 1 rings (SSSR count). The van der Waals surface area contributed by atoms with E-state index in [4.69, 9.17) is 0 Å². The molecule has 1 aromatic rings. The van der Waals surface area contributed by atoms with E-state index in [0.717, 1.165) is 5.56 Å². The molecular formula is C12H15. The molecule has 1 aromatic carbocycles. The van der Waals surface area contributed by atoms with Gasteiger partial charge in [-0.05, 0) is 36.1 Å². The van der Waals surface area contributed by atoms with Gasteiger partial charge < -0.3 is 0 Å². The van der Waals surface area contributed by atoms with Crippen LogP contribution >= 0.6 is 0 Å². The van der Waals surface area contributed by atoms with Crippen molar-refractivity contribution in [3.05, 3.63) is 47.5 Å². The third-order valence-corrected chi connectivity index (χ3v) is 2.07. The number of hydrogen-bond donors (Lipinski definition) is 0. The van der Waals surface area contributed by atoms with Gasteiger partial charge >= 0.3 is 0 Å². The molecule has 0 N–H and O–H groups in total. The highest BCUT2D eigenvalue weighted by Gasteiger charge is 1.96. The summed E-state index contributed by atoms with van der Waals surface area (Å²) in [5.41, 5.74) is 3.88. The molecule has 0 bridgehead atoms. The first-order chi connectivity index (χ1) is 5.77. The summed E-state index contributed by atoms with van der Waals surface area (Å²) in [5.74, 6) is 0. The Balaban J connectivity index is 2.94. The van der Waals surface area contributed by atoms with Crippen molar-refractivity contribution in [3.63, 3.8) is 0 Å². The molecule has 0 heterocycles. The van der Waals surface area contributed by atoms with Gasteiger partial charge in [0, 0.05) is 0 Å². The topological polar surface area (TPSA) is 0 Å². The maximum atomic E-state index is 3.62. The summed E-state index contributed by atoms with van der Waals surface area (Å²) in [6, 6.07) is 6.38. The minimum Gasteiger partial charge on any atom is -0.0906 e. The molecule has 0 aliphatic carbocycles. The lowest BCUT2D eigenvalue weighted by Gasteiger charge is -2.04. The first-order valence-electron chi connectivity index (χ1n) is 4.40. The average Bonchev–Trinajstić information content (AvgIpc) is 2.09. The number of rotatable bonds is 3. The standard InChI is InChI=1S/C12H15/c1-4-6-12-8-7-11(5-2)9-10(12)3/h7-9H,2,4,6H2,1,3H3. The molecular weight excluding hydrogens is 144 g/mol. The lowest BCUT2D eigenvalue weighted by atomic mass is 10.0. The minimum atomic E-state index is 1.09. The third kappa shape index (κ3) is 1.97. The van der Waals surface area contributed by atoms with E-state index in [9.17, 15) is 0 Å². The van der Waals surface area contributed by atoms with Crippen LogP contribution in [0.3, 0.4) is 0 Å². The molecule has 0 aliphatic rings. The van der Waals surface area contributed by atoms with Gasteiger partial charge in [0.05, 0.1) is 0 Å². The van der Waals surface area contributed by atoms with Crippen LogP contribution in [-0.4, -0.2) is 0 Å². The van der Waals surface area contributed by atoms with Crippen molar-refractivity contribution in [3.8, 4) is 0 Å². The molecule has 0 heteroatoms. The van der Waals surface area contributed by atoms with Crippen LogP contribution < -0.4 is 0 Å². The normalized spacial score (nSPS) is 9.83. The van der Waals surface area contributed by atoms with Crippen LogP contribution in [0.5, 0.6) is 0 Å². The molecule has 0 aromatic heterocycles. The zero-order chi connectivity index (χ0) is 8.97. The Kier molecular flexibility index (Phi) is 3.09. The van der Waals surface area contributed by atoms with Crippen LogP contribution in [0.1, 0.15) is 30.0 Å². The van der Waals surface area contributed by atoms with E-state index >= 15 is 0 Å². The van der Waals surface area contributed by atoms with Gasteiger partial charge in [0.2, 0.25) is 0 Å². The highest BCUT2D eigenvalue weighted by atomic mass is 14.0. The summed E-state index contributed by atoms with van der Waals surface area (Å²) in [6.07, 6.45) is 5.26. The fraction of sp³-hybridized carbons (Fsp3) is 0.333. The monoisotopic (exact) mass is 159 g/mol. The van der Waals surface area contributed by atoms with Gasteiger partial charge in [-0.2, -0.15) is 0 Å². The van der Waals surface area contributed by atoms with E-state index in [2.05, 4.69) is 44.7 Å². The van der Waals surface area contributed by atoms with Crippen LogP contribution in [0.2, 0.25) is 0 Å². The molecule has 0 fully saturated rings. The molecule has 0 spiro atoms. The molecule has 0 amide bonds. The summed E-state index contributed by atoms with van der Waals surface area (Å²) in [7, 11) is 0. The van der Waals surface area contributed by atoms with E-state index in [0.29, 0.717) is 0 Å². The van der Waals surface area contributed by atoms with Gasteiger partial charge in [-0.25, -0.2) is 0 Å². The van der Waals surface area contributed by atoms with Crippen LogP contribution in [-0.2, 0) is 6.42 Å². The van der Waals surface area contributed by atoms with Crippen LogP contribution in [0.25, 0.3) is 0 Å². The van der Waals surface area contributed by atoms with Gasteiger partial charge in [0.25, 0.3) is 0 Å². The van der Waals surface area contributed by atoms with Crippen molar-refractivity contribution in [2.75, 3.05) is 0 Å². The Morgan fingerprint density at radius 2 is 2.17 bits per heavy atom. The van der Waals surface area contributed by atoms with Crippen molar-refractivity contribution in [2.45, 2.75) is 26.7 Å². The highest BCUT2D eigenvalue weighted by Crippen LogP contribution is 2.12. The van der Waals surface area contributed by atoms with Crippen LogP contribution in [0.15, 0.2) is 24.8 Å². The average molecular weight is 159 g/mol. The largest absolute Gasteiger partial charge is 0.0906 e. The Hall–Kier alpha value is -1.04. The van der Waals surface area contributed by atoms with Gasteiger partial charge in [-0.3, -0.25) is 0 Å². The molecule has 0 aliphatic heterocycles. The van der Waals surface area contributed by atoms with E-state index in [1.807, 2.05) is 0 Å². The predicted molar refractivity (Wildman–Crippen MR) is 53.1 cm³/mol. The predicted octanol–water partition coefficient (Wildman–Crippen LogP) is 3.28. The number of hydrogen-bond acceptors (Lipinski definition) is 0. The van der Waals surface area contributed by atoms with E-state index < -0.39 is 0 Å². The molecule has 63 valence electrons. The summed E-state index contributed by atoms with van der Waals surface area (Å²) < 4.78 is 0. The van der Waals surface area contributed by atoms with Gasteiger partial charge in [-0.15, -0.1) is 0 Å². The molecule has 12 heavy (non-hydrogen) atoms. The summed E-state index contributed by atoms with van der Waals surface area (Å²) in [4.78, 5) is 0. The highest BCUT2D eigenvalue weighted by molar-refractivity contribution is 5.33. The Morgan fingerprint density at radius 1 is 1.42 bits per heavy atom. The molecule has 0 saturated heterocycles. The Morgan fingerprint density at radius 3 is 2.67 bits per heavy atom. The molecule has 0 saturated carbocycles. The van der Waals surface area contributed by atoms with Crippen LogP contribution in [0.4, 0.5) is 0 Å².